The first-order valence-corrected chi connectivity index (χ1v) is 12.9. The smallest absolute Gasteiger partial charge is 0.246 e. The van der Waals surface area contributed by atoms with E-state index in [9.17, 15) is 9.59 Å². The zero-order valence-electron chi connectivity index (χ0n) is 18.8. The highest BCUT2D eigenvalue weighted by molar-refractivity contribution is 7.18. The maximum absolute atomic E-state index is 12.9. The number of carbonyl (C=O) groups excluding carboxylic acids is 2. The summed E-state index contributed by atoms with van der Waals surface area (Å²) in [4.78, 5) is 38.0. The SMILES string of the molecule is CC(=O)N(c1ccccc1)c1nc(/C=C/C(=O)N2CCCC(c3nc4ccccc4s3)C2)cs1. The number of nitrogens with zero attached hydrogens (tertiary/aromatic N) is 4. The zero-order chi connectivity index (χ0) is 23.5. The minimum Gasteiger partial charge on any atom is -0.338 e. The Labute approximate surface area is 206 Å². The van der Waals surface area contributed by atoms with Crippen LogP contribution in [0.5, 0.6) is 0 Å². The number of thiazole rings is 2. The maximum Gasteiger partial charge on any atom is 0.246 e. The van der Waals surface area contributed by atoms with Gasteiger partial charge in [0.1, 0.15) is 0 Å². The van der Waals surface area contributed by atoms with Crippen LogP contribution in [0.3, 0.4) is 0 Å². The Kier molecular flexibility index (Phi) is 6.51. The molecule has 6 nitrogen and oxygen atoms in total. The first kappa shape index (κ1) is 22.4. The van der Waals surface area contributed by atoms with E-state index in [0.29, 0.717) is 17.4 Å². The molecule has 1 fully saturated rings. The van der Waals surface area contributed by atoms with E-state index >= 15 is 0 Å². The average molecular weight is 489 g/mol. The highest BCUT2D eigenvalue weighted by Gasteiger charge is 2.26. The molecule has 0 spiro atoms. The van der Waals surface area contributed by atoms with E-state index < -0.39 is 0 Å². The number of hydrogen-bond donors (Lipinski definition) is 0. The molecule has 172 valence electrons. The van der Waals surface area contributed by atoms with E-state index in [1.165, 1.54) is 23.0 Å². The summed E-state index contributed by atoms with van der Waals surface area (Å²) in [7, 11) is 0. The topological polar surface area (TPSA) is 66.4 Å². The number of amides is 2. The molecule has 4 aromatic rings. The molecule has 34 heavy (non-hydrogen) atoms. The maximum atomic E-state index is 12.9. The molecule has 1 aliphatic heterocycles. The van der Waals surface area contributed by atoms with Gasteiger partial charge in [-0.15, -0.1) is 22.7 Å². The number of likely N-dealkylation sites (tertiary alicyclic amines) is 1. The minimum absolute atomic E-state index is 0.0214. The quantitative estimate of drug-likeness (QED) is 0.330. The second kappa shape index (κ2) is 9.87. The van der Waals surface area contributed by atoms with Crippen LogP contribution in [0.25, 0.3) is 16.3 Å². The normalized spacial score (nSPS) is 16.3. The number of fused-ring (bicyclic) bond motifs is 1. The first-order chi connectivity index (χ1) is 16.6. The van der Waals surface area contributed by atoms with Gasteiger partial charge in [-0.05, 0) is 43.2 Å². The van der Waals surface area contributed by atoms with Gasteiger partial charge in [-0.2, -0.15) is 0 Å². The second-order valence-corrected chi connectivity index (χ2v) is 10.1. The number of para-hydroxylation sites is 2. The van der Waals surface area contributed by atoms with Crippen LogP contribution in [-0.2, 0) is 9.59 Å². The van der Waals surface area contributed by atoms with E-state index in [1.54, 1.807) is 28.4 Å². The summed E-state index contributed by atoms with van der Waals surface area (Å²) < 4.78 is 1.19. The van der Waals surface area contributed by atoms with Crippen LogP contribution >= 0.6 is 22.7 Å². The summed E-state index contributed by atoms with van der Waals surface area (Å²) in [5.74, 6) is 0.137. The summed E-state index contributed by atoms with van der Waals surface area (Å²) >= 11 is 3.10. The summed E-state index contributed by atoms with van der Waals surface area (Å²) in [5, 5.41) is 3.55. The first-order valence-electron chi connectivity index (χ1n) is 11.2. The van der Waals surface area contributed by atoms with Gasteiger partial charge < -0.3 is 4.90 Å². The highest BCUT2D eigenvalue weighted by Crippen LogP contribution is 2.33. The number of piperidine rings is 1. The van der Waals surface area contributed by atoms with Gasteiger partial charge in [0.15, 0.2) is 5.13 Å². The van der Waals surface area contributed by atoms with E-state index in [0.717, 1.165) is 35.6 Å². The third kappa shape index (κ3) is 4.78. The standard InChI is InChI=1S/C26H24N4O2S2/c1-18(31)30(21-9-3-2-4-10-21)26-27-20(17-33-26)13-14-24(32)29-15-7-8-19(16-29)25-28-22-11-5-6-12-23(22)34-25/h2-6,9-14,17,19H,7-8,15-16H2,1H3/b14-13+. The Morgan fingerprint density at radius 3 is 2.68 bits per heavy atom. The minimum atomic E-state index is -0.110. The third-order valence-electron chi connectivity index (χ3n) is 5.82. The van der Waals surface area contributed by atoms with Gasteiger partial charge in [-0.3, -0.25) is 14.5 Å². The van der Waals surface area contributed by atoms with Crippen molar-refractivity contribution in [1.29, 1.82) is 0 Å². The molecule has 1 atom stereocenters. The Morgan fingerprint density at radius 2 is 1.88 bits per heavy atom. The lowest BCUT2D eigenvalue weighted by Gasteiger charge is -2.31. The van der Waals surface area contributed by atoms with Crippen molar-refractivity contribution in [2.24, 2.45) is 0 Å². The van der Waals surface area contributed by atoms with Crippen LogP contribution in [0.2, 0.25) is 0 Å². The summed E-state index contributed by atoms with van der Waals surface area (Å²) in [5.41, 5.74) is 2.46. The average Bonchev–Trinajstić information content (AvgIpc) is 3.50. The molecule has 3 heterocycles. The van der Waals surface area contributed by atoms with Gasteiger partial charge in [0.25, 0.3) is 0 Å². The predicted molar refractivity (Wildman–Crippen MR) is 139 cm³/mol. The number of aromatic nitrogens is 2. The molecule has 2 aromatic heterocycles. The van der Waals surface area contributed by atoms with Crippen molar-refractivity contribution in [1.82, 2.24) is 14.9 Å². The largest absolute Gasteiger partial charge is 0.338 e. The van der Waals surface area contributed by atoms with Gasteiger partial charge in [-0.1, -0.05) is 30.3 Å². The Hall–Kier alpha value is -3.36. The van der Waals surface area contributed by atoms with Gasteiger partial charge in [0, 0.05) is 37.4 Å². The van der Waals surface area contributed by atoms with E-state index in [-0.39, 0.29) is 17.7 Å². The summed E-state index contributed by atoms with van der Waals surface area (Å²) in [6, 6.07) is 17.6. The summed E-state index contributed by atoms with van der Waals surface area (Å²) in [6.45, 7) is 2.95. The van der Waals surface area contributed by atoms with Gasteiger partial charge >= 0.3 is 0 Å². The van der Waals surface area contributed by atoms with Crippen molar-refractivity contribution in [3.8, 4) is 0 Å². The molecule has 2 aromatic carbocycles. The monoisotopic (exact) mass is 488 g/mol. The lowest BCUT2D eigenvalue weighted by atomic mass is 9.98. The van der Waals surface area contributed by atoms with Crippen molar-refractivity contribution < 1.29 is 9.59 Å². The molecule has 0 radical (unpaired) electrons. The predicted octanol–water partition coefficient (Wildman–Crippen LogP) is 5.86. The van der Waals surface area contributed by atoms with Gasteiger partial charge in [-0.25, -0.2) is 9.97 Å². The second-order valence-electron chi connectivity index (χ2n) is 8.22. The molecule has 2 amide bonds. The van der Waals surface area contributed by atoms with E-state index in [4.69, 9.17) is 4.98 Å². The highest BCUT2D eigenvalue weighted by atomic mass is 32.1. The molecular formula is C26H24N4O2S2. The van der Waals surface area contributed by atoms with Crippen molar-refractivity contribution >= 4 is 61.6 Å². The fraction of sp³-hybridized carbons (Fsp3) is 0.231. The Bertz CT molecular complexity index is 1310. The molecule has 0 N–H and O–H groups in total. The van der Waals surface area contributed by atoms with Gasteiger partial charge in [0.05, 0.1) is 26.6 Å². The summed E-state index contributed by atoms with van der Waals surface area (Å²) in [6.07, 6.45) is 5.32. The molecule has 5 rings (SSSR count). The van der Waals surface area contributed by atoms with Crippen LogP contribution in [0, 0.1) is 0 Å². The number of hydrogen-bond acceptors (Lipinski definition) is 6. The van der Waals surface area contributed by atoms with Crippen LogP contribution in [-0.4, -0.2) is 39.8 Å². The Morgan fingerprint density at radius 1 is 1.09 bits per heavy atom. The van der Waals surface area contributed by atoms with Crippen molar-refractivity contribution in [2.75, 3.05) is 18.0 Å². The molecule has 1 saturated heterocycles. The number of rotatable bonds is 5. The fourth-order valence-corrected chi connectivity index (χ4v) is 6.11. The lowest BCUT2D eigenvalue weighted by molar-refractivity contribution is -0.127. The molecule has 0 saturated carbocycles. The Balaban J connectivity index is 1.27. The van der Waals surface area contributed by atoms with Crippen molar-refractivity contribution in [2.45, 2.75) is 25.7 Å². The molecule has 8 heteroatoms. The molecule has 0 bridgehead atoms. The number of carbonyl (C=O) groups is 2. The third-order valence-corrected chi connectivity index (χ3v) is 7.86. The van der Waals surface area contributed by atoms with Crippen molar-refractivity contribution in [3.63, 3.8) is 0 Å². The number of anilines is 2. The van der Waals surface area contributed by atoms with E-state index in [2.05, 4.69) is 11.1 Å². The number of benzene rings is 2. The van der Waals surface area contributed by atoms with Crippen LogP contribution < -0.4 is 4.90 Å². The zero-order valence-corrected chi connectivity index (χ0v) is 20.4. The molecular weight excluding hydrogens is 464 g/mol. The lowest BCUT2D eigenvalue weighted by Crippen LogP contribution is -2.38. The van der Waals surface area contributed by atoms with Crippen molar-refractivity contribution in [3.05, 3.63) is 76.8 Å². The van der Waals surface area contributed by atoms with Crippen LogP contribution in [0.15, 0.2) is 66.1 Å². The van der Waals surface area contributed by atoms with Crippen LogP contribution in [0.4, 0.5) is 10.8 Å². The molecule has 1 unspecified atom stereocenters. The molecule has 0 aliphatic carbocycles. The van der Waals surface area contributed by atoms with E-state index in [1.807, 2.05) is 58.8 Å². The van der Waals surface area contributed by atoms with Gasteiger partial charge in [0.2, 0.25) is 11.8 Å². The fourth-order valence-electron chi connectivity index (χ4n) is 4.17. The molecule has 1 aliphatic rings. The van der Waals surface area contributed by atoms with Crippen LogP contribution in [0.1, 0.15) is 36.4 Å².